The maximum absolute atomic E-state index is 11.4. The molecule has 0 aliphatic carbocycles. The van der Waals surface area contributed by atoms with Gasteiger partial charge in [0.1, 0.15) is 6.04 Å². The van der Waals surface area contributed by atoms with Crippen molar-refractivity contribution in [1.29, 1.82) is 0 Å². The van der Waals surface area contributed by atoms with E-state index >= 15 is 0 Å². The van der Waals surface area contributed by atoms with Gasteiger partial charge in [-0.15, -0.1) is 0 Å². The Balaban J connectivity index is 1.95. The second kappa shape index (κ2) is 7.45. The fourth-order valence-electron chi connectivity index (χ4n) is 2.99. The summed E-state index contributed by atoms with van der Waals surface area (Å²) in [6, 6.07) is 6.07. The van der Waals surface area contributed by atoms with Gasteiger partial charge in [0.2, 0.25) is 0 Å². The Hall–Kier alpha value is -1.39. The van der Waals surface area contributed by atoms with Crippen molar-refractivity contribution in [2.75, 3.05) is 13.6 Å². The largest absolute Gasteiger partial charge is 0.480 e. The second-order valence-corrected chi connectivity index (χ2v) is 7.96. The van der Waals surface area contributed by atoms with Crippen LogP contribution in [-0.4, -0.2) is 35.6 Å². The Labute approximate surface area is 139 Å². The number of rotatable bonds is 6. The predicted octanol–water partition coefficient (Wildman–Crippen LogP) is 3.04. The van der Waals surface area contributed by atoms with Crippen LogP contribution < -0.4 is 5.32 Å². The molecule has 2 N–H and O–H groups in total. The molecule has 0 saturated heterocycles. The van der Waals surface area contributed by atoms with Gasteiger partial charge >= 0.3 is 5.97 Å². The summed E-state index contributed by atoms with van der Waals surface area (Å²) in [5.41, 5.74) is 4.13. The molecule has 4 heteroatoms. The van der Waals surface area contributed by atoms with Crippen molar-refractivity contribution in [3.05, 3.63) is 34.9 Å². The van der Waals surface area contributed by atoms with Crippen LogP contribution in [0.4, 0.5) is 0 Å². The van der Waals surface area contributed by atoms with Gasteiger partial charge in [0.15, 0.2) is 0 Å². The van der Waals surface area contributed by atoms with Gasteiger partial charge in [-0.05, 0) is 48.4 Å². The topological polar surface area (TPSA) is 52.6 Å². The van der Waals surface area contributed by atoms with E-state index in [0.29, 0.717) is 13.0 Å². The molecule has 23 heavy (non-hydrogen) atoms. The normalized spacial score (nSPS) is 16.9. The van der Waals surface area contributed by atoms with Crippen LogP contribution in [0, 0.1) is 5.41 Å². The summed E-state index contributed by atoms with van der Waals surface area (Å²) in [6.07, 6.45) is 2.65. The van der Waals surface area contributed by atoms with Crippen molar-refractivity contribution >= 4 is 5.97 Å². The summed E-state index contributed by atoms with van der Waals surface area (Å²) in [7, 11) is 2.14. The van der Waals surface area contributed by atoms with E-state index in [2.05, 4.69) is 56.2 Å². The molecule has 0 spiro atoms. The number of aliphatic carboxylic acids is 1. The third kappa shape index (κ3) is 5.63. The molecular formula is C19H30N2O2. The highest BCUT2D eigenvalue weighted by Crippen LogP contribution is 2.22. The van der Waals surface area contributed by atoms with E-state index in [-0.39, 0.29) is 5.41 Å². The summed E-state index contributed by atoms with van der Waals surface area (Å²) in [6.45, 7) is 9.13. The summed E-state index contributed by atoms with van der Waals surface area (Å²) in [4.78, 5) is 13.8. The van der Waals surface area contributed by atoms with Crippen molar-refractivity contribution in [2.24, 2.45) is 5.41 Å². The Morgan fingerprint density at radius 2 is 2.09 bits per heavy atom. The number of fused-ring (bicyclic) bond motifs is 1. The Kier molecular flexibility index (Phi) is 5.82. The number of hydrogen-bond donors (Lipinski definition) is 2. The maximum Gasteiger partial charge on any atom is 0.320 e. The van der Waals surface area contributed by atoms with Gasteiger partial charge in [0.05, 0.1) is 0 Å². The summed E-state index contributed by atoms with van der Waals surface area (Å²) in [5.74, 6) is -0.757. The molecule has 0 amide bonds. The molecule has 0 bridgehead atoms. The molecule has 0 fully saturated rings. The van der Waals surface area contributed by atoms with Crippen LogP contribution >= 0.6 is 0 Å². The second-order valence-electron chi connectivity index (χ2n) is 7.96. The minimum atomic E-state index is -0.757. The lowest BCUT2D eigenvalue weighted by atomic mass is 9.88. The van der Waals surface area contributed by atoms with Gasteiger partial charge in [0, 0.05) is 19.6 Å². The molecule has 0 aromatic heterocycles. The molecule has 0 radical (unpaired) electrons. The third-order valence-corrected chi connectivity index (χ3v) is 4.51. The first-order chi connectivity index (χ1) is 10.7. The van der Waals surface area contributed by atoms with Gasteiger partial charge < -0.3 is 15.3 Å². The van der Waals surface area contributed by atoms with Crippen molar-refractivity contribution < 1.29 is 9.90 Å². The highest BCUT2D eigenvalue weighted by Gasteiger charge is 2.21. The van der Waals surface area contributed by atoms with Crippen LogP contribution in [0.25, 0.3) is 0 Å². The quantitative estimate of drug-likeness (QED) is 0.846. The Morgan fingerprint density at radius 3 is 2.74 bits per heavy atom. The monoisotopic (exact) mass is 318 g/mol. The molecule has 128 valence electrons. The van der Waals surface area contributed by atoms with E-state index in [9.17, 15) is 9.90 Å². The average molecular weight is 318 g/mol. The molecule has 1 unspecified atom stereocenters. The lowest BCUT2D eigenvalue weighted by Gasteiger charge is -2.26. The van der Waals surface area contributed by atoms with Gasteiger partial charge in [-0.2, -0.15) is 0 Å². The number of carbonyl (C=O) groups is 1. The third-order valence-electron chi connectivity index (χ3n) is 4.51. The van der Waals surface area contributed by atoms with Crippen LogP contribution in [0.5, 0.6) is 0 Å². The number of nitrogens with one attached hydrogen (secondary N) is 1. The van der Waals surface area contributed by atoms with Crippen LogP contribution in [0.15, 0.2) is 18.2 Å². The molecule has 1 atom stereocenters. The van der Waals surface area contributed by atoms with Crippen molar-refractivity contribution in [3.63, 3.8) is 0 Å². The number of hydrogen-bond acceptors (Lipinski definition) is 3. The first-order valence-electron chi connectivity index (χ1n) is 8.50. The maximum atomic E-state index is 11.4. The van der Waals surface area contributed by atoms with E-state index < -0.39 is 12.0 Å². The molecule has 4 nitrogen and oxygen atoms in total. The van der Waals surface area contributed by atoms with E-state index in [0.717, 1.165) is 25.9 Å². The van der Waals surface area contributed by atoms with Crippen molar-refractivity contribution in [2.45, 2.75) is 59.2 Å². The number of likely N-dealkylation sites (N-methyl/N-ethyl adjacent to an activating group) is 1. The fourth-order valence-corrected chi connectivity index (χ4v) is 2.99. The van der Waals surface area contributed by atoms with E-state index in [1.807, 2.05) is 0 Å². The lowest BCUT2D eigenvalue weighted by molar-refractivity contribution is -0.139. The summed E-state index contributed by atoms with van der Waals surface area (Å²) >= 11 is 0. The first-order valence-corrected chi connectivity index (χ1v) is 8.50. The van der Waals surface area contributed by atoms with Gasteiger partial charge in [-0.25, -0.2) is 0 Å². The van der Waals surface area contributed by atoms with Crippen LogP contribution in [-0.2, 0) is 24.3 Å². The molecular weight excluding hydrogens is 288 g/mol. The van der Waals surface area contributed by atoms with Crippen LogP contribution in [0.3, 0.4) is 0 Å². The molecule has 1 aromatic rings. The number of carboxylic acid groups (broad SMARTS) is 1. The number of carboxylic acids is 1. The van der Waals surface area contributed by atoms with E-state index in [4.69, 9.17) is 0 Å². The zero-order valence-electron chi connectivity index (χ0n) is 14.9. The first kappa shape index (κ1) is 18.0. The highest BCUT2D eigenvalue weighted by atomic mass is 16.4. The fraction of sp³-hybridized carbons (Fsp3) is 0.632. The lowest BCUT2D eigenvalue weighted by Crippen LogP contribution is -2.37. The average Bonchev–Trinajstić information content (AvgIpc) is 2.45. The molecule has 1 aliphatic heterocycles. The summed E-state index contributed by atoms with van der Waals surface area (Å²) in [5, 5.41) is 12.6. The SMILES string of the molecule is CN1CCc2ccc(CNC(CCC(C)(C)C)C(=O)O)cc2C1. The molecule has 1 aromatic carbocycles. The zero-order valence-corrected chi connectivity index (χ0v) is 14.9. The van der Waals surface area contributed by atoms with Gasteiger partial charge in [0.25, 0.3) is 0 Å². The minimum Gasteiger partial charge on any atom is -0.480 e. The molecule has 2 rings (SSSR count). The zero-order chi connectivity index (χ0) is 17.0. The Morgan fingerprint density at radius 1 is 1.35 bits per heavy atom. The number of nitrogens with zero attached hydrogens (tertiary/aromatic N) is 1. The molecule has 1 aliphatic rings. The summed E-state index contributed by atoms with van der Waals surface area (Å²) < 4.78 is 0. The van der Waals surface area contributed by atoms with Crippen molar-refractivity contribution in [1.82, 2.24) is 10.2 Å². The van der Waals surface area contributed by atoms with Crippen molar-refractivity contribution in [3.8, 4) is 0 Å². The molecule has 1 heterocycles. The van der Waals surface area contributed by atoms with E-state index in [1.165, 1.54) is 16.7 Å². The van der Waals surface area contributed by atoms with Crippen LogP contribution in [0.2, 0.25) is 0 Å². The Bertz CT molecular complexity index is 549. The smallest absolute Gasteiger partial charge is 0.320 e. The van der Waals surface area contributed by atoms with Gasteiger partial charge in [-0.3, -0.25) is 4.79 Å². The van der Waals surface area contributed by atoms with E-state index in [1.54, 1.807) is 0 Å². The standard InChI is InChI=1S/C19H30N2O2/c1-19(2,3)9-7-17(18(22)23)20-12-14-5-6-15-8-10-21(4)13-16(15)11-14/h5-6,11,17,20H,7-10,12-13H2,1-4H3,(H,22,23). The predicted molar refractivity (Wildman–Crippen MR) is 93.4 cm³/mol. The highest BCUT2D eigenvalue weighted by molar-refractivity contribution is 5.73. The minimum absolute atomic E-state index is 0.159. The van der Waals surface area contributed by atoms with Crippen LogP contribution in [0.1, 0.15) is 50.3 Å². The van der Waals surface area contributed by atoms with Gasteiger partial charge in [-0.1, -0.05) is 39.0 Å². The molecule has 0 saturated carbocycles. The number of benzene rings is 1.